The second-order valence-corrected chi connectivity index (χ2v) is 6.92. The maximum atomic E-state index is 12.5. The highest BCUT2D eigenvalue weighted by Gasteiger charge is 2.35. The number of nitrogens with zero attached hydrogens (tertiary/aromatic N) is 1. The molecule has 1 aliphatic heterocycles. The summed E-state index contributed by atoms with van der Waals surface area (Å²) in [5, 5.41) is 2.91. The molecule has 5 nitrogen and oxygen atoms in total. The van der Waals surface area contributed by atoms with Crippen LogP contribution in [-0.2, 0) is 9.59 Å². The zero-order valence-corrected chi connectivity index (χ0v) is 15.4. The monoisotopic (exact) mass is 352 g/mol. The third kappa shape index (κ3) is 4.23. The number of benzene rings is 2. The molecule has 0 spiro atoms. The lowest BCUT2D eigenvalue weighted by Gasteiger charge is -2.18. The van der Waals surface area contributed by atoms with E-state index in [1.807, 2.05) is 69.3 Å². The first-order valence-electron chi connectivity index (χ1n) is 8.87. The van der Waals surface area contributed by atoms with Gasteiger partial charge in [0.15, 0.2) is 0 Å². The fraction of sp³-hybridized carbons (Fsp3) is 0.333. The summed E-state index contributed by atoms with van der Waals surface area (Å²) in [6, 6.07) is 15.1. The van der Waals surface area contributed by atoms with E-state index in [2.05, 4.69) is 5.32 Å². The molecule has 26 heavy (non-hydrogen) atoms. The fourth-order valence-electron chi connectivity index (χ4n) is 3.08. The molecule has 0 radical (unpaired) electrons. The topological polar surface area (TPSA) is 58.6 Å². The minimum atomic E-state index is -0.352. The van der Waals surface area contributed by atoms with E-state index in [9.17, 15) is 9.59 Å². The van der Waals surface area contributed by atoms with E-state index in [-0.39, 0.29) is 30.3 Å². The molecule has 1 fully saturated rings. The molecule has 136 valence electrons. The highest BCUT2D eigenvalue weighted by atomic mass is 16.5. The predicted molar refractivity (Wildman–Crippen MR) is 102 cm³/mol. The van der Waals surface area contributed by atoms with E-state index < -0.39 is 0 Å². The minimum absolute atomic E-state index is 0.0353. The van der Waals surface area contributed by atoms with Gasteiger partial charge in [-0.25, -0.2) is 0 Å². The first-order valence-corrected chi connectivity index (χ1v) is 8.87. The van der Waals surface area contributed by atoms with Crippen molar-refractivity contribution in [1.29, 1.82) is 0 Å². The van der Waals surface area contributed by atoms with Gasteiger partial charge in [0.05, 0.1) is 12.0 Å². The molecule has 0 aromatic heterocycles. The fourth-order valence-corrected chi connectivity index (χ4v) is 3.08. The summed E-state index contributed by atoms with van der Waals surface area (Å²) in [5.74, 6) is 0.261. The quantitative estimate of drug-likeness (QED) is 0.891. The zero-order valence-electron chi connectivity index (χ0n) is 15.4. The number of aryl methyl sites for hydroxylation is 1. The Labute approximate surface area is 154 Å². The van der Waals surface area contributed by atoms with Crippen molar-refractivity contribution < 1.29 is 14.3 Å². The summed E-state index contributed by atoms with van der Waals surface area (Å²) in [4.78, 5) is 26.6. The maximum Gasteiger partial charge on any atom is 0.229 e. The van der Waals surface area contributed by atoms with Crippen LogP contribution in [0.2, 0.25) is 0 Å². The van der Waals surface area contributed by atoms with Crippen LogP contribution in [-0.4, -0.2) is 24.5 Å². The Morgan fingerprint density at radius 3 is 2.58 bits per heavy atom. The number of hydrogen-bond acceptors (Lipinski definition) is 3. The van der Waals surface area contributed by atoms with Gasteiger partial charge in [-0.1, -0.05) is 12.1 Å². The van der Waals surface area contributed by atoms with E-state index in [0.717, 1.165) is 22.7 Å². The summed E-state index contributed by atoms with van der Waals surface area (Å²) in [5.41, 5.74) is 2.63. The van der Waals surface area contributed by atoms with Crippen LogP contribution >= 0.6 is 0 Å². The lowest BCUT2D eigenvalue weighted by molar-refractivity contribution is -0.122. The number of anilines is 2. The zero-order chi connectivity index (χ0) is 18.7. The van der Waals surface area contributed by atoms with Gasteiger partial charge in [-0.15, -0.1) is 0 Å². The van der Waals surface area contributed by atoms with E-state index in [1.165, 1.54) is 0 Å². The van der Waals surface area contributed by atoms with Gasteiger partial charge in [-0.05, 0) is 62.7 Å². The smallest absolute Gasteiger partial charge is 0.229 e. The van der Waals surface area contributed by atoms with Gasteiger partial charge in [-0.3, -0.25) is 9.59 Å². The lowest BCUT2D eigenvalue weighted by Crippen LogP contribution is -2.28. The molecule has 1 saturated heterocycles. The van der Waals surface area contributed by atoms with E-state index in [0.29, 0.717) is 6.54 Å². The molecule has 3 rings (SSSR count). The molecule has 1 atom stereocenters. The average molecular weight is 352 g/mol. The predicted octanol–water partition coefficient (Wildman–Crippen LogP) is 3.77. The van der Waals surface area contributed by atoms with Crippen molar-refractivity contribution >= 4 is 23.2 Å². The first kappa shape index (κ1) is 18.0. The Hall–Kier alpha value is -2.82. The third-order valence-electron chi connectivity index (χ3n) is 4.30. The van der Waals surface area contributed by atoms with Crippen LogP contribution < -0.4 is 15.0 Å². The van der Waals surface area contributed by atoms with Crippen LogP contribution in [0, 0.1) is 12.8 Å². The van der Waals surface area contributed by atoms with Crippen molar-refractivity contribution in [2.75, 3.05) is 16.8 Å². The third-order valence-corrected chi connectivity index (χ3v) is 4.30. The van der Waals surface area contributed by atoms with Crippen LogP contribution in [0.5, 0.6) is 5.75 Å². The molecule has 2 amide bonds. The molecular formula is C21H24N2O3. The van der Waals surface area contributed by atoms with Gasteiger partial charge < -0.3 is 15.0 Å². The van der Waals surface area contributed by atoms with Crippen molar-refractivity contribution in [3.05, 3.63) is 54.1 Å². The SMILES string of the molecule is Cc1cccc(NC(=O)[C@H]2CC(=O)N(c3ccc(OC(C)C)cc3)C2)c1. The Morgan fingerprint density at radius 2 is 1.92 bits per heavy atom. The lowest BCUT2D eigenvalue weighted by atomic mass is 10.1. The Kier molecular flexibility index (Phi) is 5.26. The Balaban J connectivity index is 1.65. The second-order valence-electron chi connectivity index (χ2n) is 6.92. The highest BCUT2D eigenvalue weighted by Crippen LogP contribution is 2.28. The second kappa shape index (κ2) is 7.60. The van der Waals surface area contributed by atoms with Crippen LogP contribution in [0.3, 0.4) is 0 Å². The molecule has 1 N–H and O–H groups in total. The molecule has 0 saturated carbocycles. The number of ether oxygens (including phenoxy) is 1. The minimum Gasteiger partial charge on any atom is -0.491 e. The number of rotatable bonds is 5. The molecule has 1 heterocycles. The highest BCUT2D eigenvalue weighted by molar-refractivity contribution is 6.03. The number of carbonyl (C=O) groups is 2. The van der Waals surface area contributed by atoms with Gasteiger partial charge in [0.1, 0.15) is 5.75 Å². The number of nitrogens with one attached hydrogen (secondary N) is 1. The van der Waals surface area contributed by atoms with Crippen molar-refractivity contribution in [3.8, 4) is 5.75 Å². The summed E-state index contributed by atoms with van der Waals surface area (Å²) in [7, 11) is 0. The van der Waals surface area contributed by atoms with Crippen molar-refractivity contribution in [2.45, 2.75) is 33.3 Å². The normalized spacial score (nSPS) is 16.8. The number of amides is 2. The average Bonchev–Trinajstić information content (AvgIpc) is 2.97. The first-order chi connectivity index (χ1) is 12.4. The maximum absolute atomic E-state index is 12.5. The summed E-state index contributed by atoms with van der Waals surface area (Å²) >= 11 is 0. The van der Waals surface area contributed by atoms with Crippen LogP contribution in [0.15, 0.2) is 48.5 Å². The molecule has 0 unspecified atom stereocenters. The molecular weight excluding hydrogens is 328 g/mol. The van der Waals surface area contributed by atoms with E-state index in [1.54, 1.807) is 4.90 Å². The number of carbonyl (C=O) groups excluding carboxylic acids is 2. The molecule has 1 aliphatic rings. The standard InChI is InChI=1S/C21H24N2O3/c1-14(2)26-19-9-7-18(8-10-19)23-13-16(12-20(23)24)21(25)22-17-6-4-5-15(3)11-17/h4-11,14,16H,12-13H2,1-3H3,(H,22,25)/t16-/m0/s1. The van der Waals surface area contributed by atoms with Crippen molar-refractivity contribution in [2.24, 2.45) is 5.92 Å². The van der Waals surface area contributed by atoms with Gasteiger partial charge >= 0.3 is 0 Å². The van der Waals surface area contributed by atoms with Crippen molar-refractivity contribution in [3.63, 3.8) is 0 Å². The Morgan fingerprint density at radius 1 is 1.19 bits per heavy atom. The summed E-state index contributed by atoms with van der Waals surface area (Å²) < 4.78 is 5.63. The van der Waals surface area contributed by atoms with Gasteiger partial charge in [-0.2, -0.15) is 0 Å². The van der Waals surface area contributed by atoms with Crippen LogP contribution in [0.1, 0.15) is 25.8 Å². The molecule has 5 heteroatoms. The Bertz CT molecular complexity index is 799. The molecule has 2 aromatic rings. The van der Waals surface area contributed by atoms with Gasteiger partial charge in [0.25, 0.3) is 0 Å². The molecule has 0 bridgehead atoms. The molecule has 2 aromatic carbocycles. The number of hydrogen-bond donors (Lipinski definition) is 1. The van der Waals surface area contributed by atoms with E-state index in [4.69, 9.17) is 4.74 Å². The summed E-state index contributed by atoms with van der Waals surface area (Å²) in [6.07, 6.45) is 0.325. The van der Waals surface area contributed by atoms with Crippen molar-refractivity contribution in [1.82, 2.24) is 0 Å². The largest absolute Gasteiger partial charge is 0.491 e. The van der Waals surface area contributed by atoms with Gasteiger partial charge in [0.2, 0.25) is 11.8 Å². The van der Waals surface area contributed by atoms with Crippen LogP contribution in [0.25, 0.3) is 0 Å². The van der Waals surface area contributed by atoms with Crippen LogP contribution in [0.4, 0.5) is 11.4 Å². The molecule has 0 aliphatic carbocycles. The van der Waals surface area contributed by atoms with E-state index >= 15 is 0 Å². The summed E-state index contributed by atoms with van der Waals surface area (Å²) in [6.45, 7) is 6.30. The van der Waals surface area contributed by atoms with Gasteiger partial charge in [0, 0.05) is 24.3 Å².